The van der Waals surface area contributed by atoms with E-state index in [4.69, 9.17) is 4.42 Å². The first-order valence-corrected chi connectivity index (χ1v) is 7.74. The maximum atomic E-state index is 12.8. The van der Waals surface area contributed by atoms with E-state index in [-0.39, 0.29) is 5.91 Å². The molecule has 1 N–H and O–H groups in total. The number of aryl methyl sites for hydroxylation is 1. The SMILES string of the molecule is Cc1ccc2oc(C(=O)N3CCCC4CNCC43)cc2c1. The fraction of sp³-hybridized carbons (Fsp3) is 0.471. The van der Waals surface area contributed by atoms with Gasteiger partial charge in [-0.25, -0.2) is 0 Å². The number of nitrogens with one attached hydrogen (secondary N) is 1. The Labute approximate surface area is 124 Å². The second-order valence-electron chi connectivity index (χ2n) is 6.28. The molecule has 2 atom stereocenters. The van der Waals surface area contributed by atoms with Crippen molar-refractivity contribution < 1.29 is 9.21 Å². The minimum atomic E-state index is 0.0438. The van der Waals surface area contributed by atoms with E-state index in [1.54, 1.807) is 0 Å². The fourth-order valence-corrected chi connectivity index (χ4v) is 3.73. The molecule has 2 aliphatic rings. The highest BCUT2D eigenvalue weighted by Gasteiger charge is 2.38. The molecule has 0 aliphatic carbocycles. The zero-order valence-corrected chi connectivity index (χ0v) is 12.3. The third-order valence-corrected chi connectivity index (χ3v) is 4.82. The Bertz CT molecular complexity index is 691. The Morgan fingerprint density at radius 1 is 1.33 bits per heavy atom. The summed E-state index contributed by atoms with van der Waals surface area (Å²) in [5.74, 6) is 1.12. The normalized spacial score (nSPS) is 25.3. The van der Waals surface area contributed by atoms with Crippen LogP contribution in [0.3, 0.4) is 0 Å². The second-order valence-corrected chi connectivity index (χ2v) is 6.28. The monoisotopic (exact) mass is 284 g/mol. The Kier molecular flexibility index (Phi) is 3.00. The molecule has 2 aliphatic heterocycles. The average molecular weight is 284 g/mol. The number of rotatable bonds is 1. The van der Waals surface area contributed by atoms with Gasteiger partial charge in [-0.2, -0.15) is 0 Å². The number of carbonyl (C=O) groups excluding carboxylic acids is 1. The van der Waals surface area contributed by atoms with Crippen molar-refractivity contribution in [1.82, 2.24) is 10.2 Å². The predicted octanol–water partition coefficient (Wildman–Crippen LogP) is 2.57. The van der Waals surface area contributed by atoms with Crippen molar-refractivity contribution in [3.63, 3.8) is 0 Å². The molecule has 2 saturated heterocycles. The van der Waals surface area contributed by atoms with Gasteiger partial charge in [0, 0.05) is 31.1 Å². The highest BCUT2D eigenvalue weighted by Crippen LogP contribution is 2.29. The Morgan fingerprint density at radius 2 is 2.24 bits per heavy atom. The summed E-state index contributed by atoms with van der Waals surface area (Å²) in [5, 5.41) is 4.42. The third-order valence-electron chi connectivity index (χ3n) is 4.82. The standard InChI is InChI=1S/C17H20N2O2/c1-11-4-5-15-13(7-11)8-16(21-15)17(20)19-6-2-3-12-9-18-10-14(12)19/h4-5,7-8,12,14,18H,2-3,6,9-10H2,1H3. The number of amides is 1. The van der Waals surface area contributed by atoms with Crippen LogP contribution < -0.4 is 5.32 Å². The van der Waals surface area contributed by atoms with Gasteiger partial charge in [0.25, 0.3) is 5.91 Å². The van der Waals surface area contributed by atoms with Crippen LogP contribution in [0.4, 0.5) is 0 Å². The number of furan rings is 1. The van der Waals surface area contributed by atoms with E-state index >= 15 is 0 Å². The van der Waals surface area contributed by atoms with Gasteiger partial charge in [-0.3, -0.25) is 4.79 Å². The minimum absolute atomic E-state index is 0.0438. The van der Waals surface area contributed by atoms with Gasteiger partial charge in [0.15, 0.2) is 5.76 Å². The van der Waals surface area contributed by atoms with Crippen LogP contribution in [-0.2, 0) is 0 Å². The van der Waals surface area contributed by atoms with Crippen LogP contribution in [0.15, 0.2) is 28.7 Å². The Balaban J connectivity index is 1.66. The topological polar surface area (TPSA) is 45.5 Å². The van der Waals surface area contributed by atoms with Crippen LogP contribution in [0.2, 0.25) is 0 Å². The third kappa shape index (κ3) is 2.14. The molecule has 2 aromatic rings. The van der Waals surface area contributed by atoms with Gasteiger partial charge in [-0.1, -0.05) is 11.6 Å². The minimum Gasteiger partial charge on any atom is -0.451 e. The van der Waals surface area contributed by atoms with E-state index in [2.05, 4.69) is 11.4 Å². The van der Waals surface area contributed by atoms with Crippen molar-refractivity contribution >= 4 is 16.9 Å². The summed E-state index contributed by atoms with van der Waals surface area (Å²) in [6.07, 6.45) is 2.31. The van der Waals surface area contributed by atoms with Gasteiger partial charge < -0.3 is 14.6 Å². The molecule has 2 unspecified atom stereocenters. The number of piperidine rings is 1. The zero-order valence-electron chi connectivity index (χ0n) is 12.3. The summed E-state index contributed by atoms with van der Waals surface area (Å²) in [6, 6.07) is 8.24. The van der Waals surface area contributed by atoms with E-state index in [1.807, 2.05) is 30.0 Å². The first-order chi connectivity index (χ1) is 10.2. The highest BCUT2D eigenvalue weighted by molar-refractivity contribution is 5.96. The molecule has 0 saturated carbocycles. The molecular formula is C17H20N2O2. The van der Waals surface area contributed by atoms with Gasteiger partial charge in [0.1, 0.15) is 5.58 Å². The number of hydrogen-bond donors (Lipinski definition) is 1. The molecular weight excluding hydrogens is 264 g/mol. The van der Waals surface area contributed by atoms with Gasteiger partial charge in [0.05, 0.1) is 0 Å². The lowest BCUT2D eigenvalue weighted by molar-refractivity contribution is 0.0545. The fourth-order valence-electron chi connectivity index (χ4n) is 3.73. The molecule has 3 heterocycles. The number of fused-ring (bicyclic) bond motifs is 2. The molecule has 1 amide bonds. The highest BCUT2D eigenvalue weighted by atomic mass is 16.3. The summed E-state index contributed by atoms with van der Waals surface area (Å²) in [7, 11) is 0. The van der Waals surface area contributed by atoms with Crippen LogP contribution in [-0.4, -0.2) is 36.5 Å². The molecule has 0 bridgehead atoms. The first-order valence-electron chi connectivity index (χ1n) is 7.74. The summed E-state index contributed by atoms with van der Waals surface area (Å²) in [4.78, 5) is 14.8. The number of nitrogens with zero attached hydrogens (tertiary/aromatic N) is 1. The van der Waals surface area contributed by atoms with Crippen LogP contribution in [0, 0.1) is 12.8 Å². The van der Waals surface area contributed by atoms with Crippen LogP contribution >= 0.6 is 0 Å². The molecule has 4 nitrogen and oxygen atoms in total. The predicted molar refractivity (Wildman–Crippen MR) is 81.4 cm³/mol. The molecule has 4 heteroatoms. The van der Waals surface area contributed by atoms with Gasteiger partial charge >= 0.3 is 0 Å². The second kappa shape index (κ2) is 4.88. The smallest absolute Gasteiger partial charge is 0.289 e. The lowest BCUT2D eigenvalue weighted by Crippen LogP contribution is -2.48. The molecule has 0 spiro atoms. The summed E-state index contributed by atoms with van der Waals surface area (Å²) in [5.41, 5.74) is 1.97. The summed E-state index contributed by atoms with van der Waals surface area (Å²) < 4.78 is 5.77. The molecule has 4 rings (SSSR count). The quantitative estimate of drug-likeness (QED) is 0.875. The van der Waals surface area contributed by atoms with Crippen LogP contribution in [0.25, 0.3) is 11.0 Å². The molecule has 2 fully saturated rings. The number of carbonyl (C=O) groups is 1. The van der Waals surface area contributed by atoms with Crippen molar-refractivity contribution in [1.29, 1.82) is 0 Å². The van der Waals surface area contributed by atoms with E-state index in [9.17, 15) is 4.79 Å². The summed E-state index contributed by atoms with van der Waals surface area (Å²) >= 11 is 0. The average Bonchev–Trinajstić information content (AvgIpc) is 3.11. The van der Waals surface area contributed by atoms with Crippen LogP contribution in [0.1, 0.15) is 29.0 Å². The molecule has 110 valence electrons. The Morgan fingerprint density at radius 3 is 3.14 bits per heavy atom. The number of hydrogen-bond acceptors (Lipinski definition) is 3. The van der Waals surface area contributed by atoms with Gasteiger partial charge in [0.2, 0.25) is 0 Å². The zero-order chi connectivity index (χ0) is 14.4. The molecule has 0 radical (unpaired) electrons. The summed E-state index contributed by atoms with van der Waals surface area (Å²) in [6.45, 7) is 4.84. The first kappa shape index (κ1) is 12.9. The Hall–Kier alpha value is -1.81. The van der Waals surface area contributed by atoms with E-state index in [0.717, 1.165) is 37.0 Å². The molecule has 21 heavy (non-hydrogen) atoms. The lowest BCUT2D eigenvalue weighted by atomic mass is 9.92. The number of likely N-dealkylation sites (tertiary alicyclic amines) is 1. The van der Waals surface area contributed by atoms with E-state index < -0.39 is 0 Å². The van der Waals surface area contributed by atoms with E-state index in [0.29, 0.717) is 17.7 Å². The maximum Gasteiger partial charge on any atom is 0.289 e. The van der Waals surface area contributed by atoms with Crippen molar-refractivity contribution in [2.24, 2.45) is 5.92 Å². The van der Waals surface area contributed by atoms with Crippen molar-refractivity contribution in [3.05, 3.63) is 35.6 Å². The largest absolute Gasteiger partial charge is 0.451 e. The van der Waals surface area contributed by atoms with Crippen LogP contribution in [0.5, 0.6) is 0 Å². The van der Waals surface area contributed by atoms with E-state index in [1.165, 1.54) is 12.0 Å². The van der Waals surface area contributed by atoms with Gasteiger partial charge in [-0.05, 0) is 43.9 Å². The molecule has 1 aromatic carbocycles. The van der Waals surface area contributed by atoms with Crippen molar-refractivity contribution in [3.8, 4) is 0 Å². The lowest BCUT2D eigenvalue weighted by Gasteiger charge is -2.36. The maximum absolute atomic E-state index is 12.8. The van der Waals surface area contributed by atoms with Gasteiger partial charge in [-0.15, -0.1) is 0 Å². The van der Waals surface area contributed by atoms with Crippen molar-refractivity contribution in [2.45, 2.75) is 25.8 Å². The number of benzene rings is 1. The van der Waals surface area contributed by atoms with Crippen molar-refractivity contribution in [2.75, 3.05) is 19.6 Å². The molecule has 1 aromatic heterocycles.